The highest BCUT2D eigenvalue weighted by Crippen LogP contribution is 2.07. The Balaban J connectivity index is 3.90. The second kappa shape index (κ2) is 9.60. The van der Waals surface area contributed by atoms with Crippen molar-refractivity contribution in [1.82, 2.24) is 10.6 Å². The molecular weight excluding hydrogens is 272 g/mol. The van der Waals surface area contributed by atoms with Crippen LogP contribution < -0.4 is 10.6 Å². The van der Waals surface area contributed by atoms with Crippen LogP contribution in [0.25, 0.3) is 0 Å². The molecule has 1 unspecified atom stereocenters. The Morgan fingerprint density at radius 2 is 1.76 bits per heavy atom. The lowest BCUT2D eigenvalue weighted by atomic mass is 10.0. The summed E-state index contributed by atoms with van der Waals surface area (Å²) in [5, 5.41) is 5.84. The second-order valence-corrected chi connectivity index (χ2v) is 6.44. The van der Waals surface area contributed by atoms with E-state index in [1.165, 1.54) is 7.11 Å². The van der Waals surface area contributed by atoms with E-state index in [1.54, 1.807) is 0 Å². The zero-order valence-electron chi connectivity index (χ0n) is 14.1. The smallest absolute Gasteiger partial charge is 0.407 e. The van der Waals surface area contributed by atoms with Crippen LogP contribution in [0, 0.1) is 5.92 Å². The molecule has 0 aliphatic heterocycles. The Bertz CT molecular complexity index is 324. The lowest BCUT2D eigenvalue weighted by Gasteiger charge is -2.20. The van der Waals surface area contributed by atoms with Crippen molar-refractivity contribution < 1.29 is 19.1 Å². The first-order valence-corrected chi connectivity index (χ1v) is 7.43. The van der Waals surface area contributed by atoms with Crippen LogP contribution in [0.3, 0.4) is 0 Å². The molecular formula is C15H30N2O4. The highest BCUT2D eigenvalue weighted by Gasteiger charge is 2.19. The molecule has 0 aliphatic carbocycles. The number of amides is 1. The first-order valence-electron chi connectivity index (χ1n) is 7.43. The van der Waals surface area contributed by atoms with Crippen LogP contribution in [0.1, 0.15) is 47.5 Å². The molecule has 1 atom stereocenters. The van der Waals surface area contributed by atoms with Gasteiger partial charge in [-0.25, -0.2) is 4.79 Å². The van der Waals surface area contributed by atoms with E-state index < -0.39 is 11.7 Å². The zero-order valence-corrected chi connectivity index (χ0v) is 14.1. The van der Waals surface area contributed by atoms with Gasteiger partial charge in [-0.3, -0.25) is 4.79 Å². The Morgan fingerprint density at radius 1 is 1.14 bits per heavy atom. The third kappa shape index (κ3) is 11.1. The lowest BCUT2D eigenvalue weighted by Crippen LogP contribution is -2.40. The first kappa shape index (κ1) is 19.7. The fourth-order valence-corrected chi connectivity index (χ4v) is 1.75. The molecule has 0 heterocycles. The van der Waals surface area contributed by atoms with Gasteiger partial charge >= 0.3 is 12.1 Å². The van der Waals surface area contributed by atoms with Crippen molar-refractivity contribution in [3.05, 3.63) is 0 Å². The van der Waals surface area contributed by atoms with Gasteiger partial charge < -0.3 is 20.1 Å². The third-order valence-corrected chi connectivity index (χ3v) is 2.61. The molecule has 0 saturated heterocycles. The van der Waals surface area contributed by atoms with Crippen molar-refractivity contribution in [3.8, 4) is 0 Å². The summed E-state index contributed by atoms with van der Waals surface area (Å²) in [5.74, 6) is 0.158. The van der Waals surface area contributed by atoms with Crippen LogP contribution in [-0.4, -0.2) is 43.9 Å². The molecule has 0 radical (unpaired) electrons. The molecule has 0 spiro atoms. The largest absolute Gasteiger partial charge is 0.468 e. The van der Waals surface area contributed by atoms with Gasteiger partial charge in [0, 0.05) is 6.54 Å². The van der Waals surface area contributed by atoms with Crippen molar-refractivity contribution in [3.63, 3.8) is 0 Å². The number of nitrogens with one attached hydrogen (secondary N) is 2. The van der Waals surface area contributed by atoms with Gasteiger partial charge in [-0.15, -0.1) is 0 Å². The molecule has 21 heavy (non-hydrogen) atoms. The number of methoxy groups -OCH3 is 1. The maximum atomic E-state index is 11.6. The Labute approximate surface area is 127 Å². The standard InChI is InChI=1S/C15H30N2O4/c1-11(2)10-12(13(18)20-6)16-8-7-9-17-14(19)21-15(3,4)5/h11-12,16H,7-10H2,1-6H3,(H,17,19). The predicted molar refractivity (Wildman–Crippen MR) is 82.1 cm³/mol. The van der Waals surface area contributed by atoms with Gasteiger partial charge in [0.15, 0.2) is 0 Å². The van der Waals surface area contributed by atoms with Crippen molar-refractivity contribution in [2.75, 3.05) is 20.2 Å². The summed E-state index contributed by atoms with van der Waals surface area (Å²) in [5.41, 5.74) is -0.490. The summed E-state index contributed by atoms with van der Waals surface area (Å²) >= 11 is 0. The SMILES string of the molecule is COC(=O)C(CC(C)C)NCCCNC(=O)OC(C)(C)C. The monoisotopic (exact) mass is 302 g/mol. The summed E-state index contributed by atoms with van der Waals surface area (Å²) in [6.07, 6.45) is 1.02. The van der Waals surface area contributed by atoms with Crippen LogP contribution in [0.15, 0.2) is 0 Å². The van der Waals surface area contributed by atoms with E-state index in [1.807, 2.05) is 20.8 Å². The van der Waals surface area contributed by atoms with Crippen molar-refractivity contribution in [2.24, 2.45) is 5.92 Å². The third-order valence-electron chi connectivity index (χ3n) is 2.61. The minimum absolute atomic E-state index is 0.246. The highest BCUT2D eigenvalue weighted by molar-refractivity contribution is 5.75. The summed E-state index contributed by atoms with van der Waals surface area (Å²) < 4.78 is 9.90. The van der Waals surface area contributed by atoms with Crippen LogP contribution >= 0.6 is 0 Å². The topological polar surface area (TPSA) is 76.7 Å². The average Bonchev–Trinajstić information content (AvgIpc) is 2.33. The van der Waals surface area contributed by atoms with Crippen molar-refractivity contribution >= 4 is 12.1 Å². The summed E-state index contributed by atoms with van der Waals surface area (Å²) in [6.45, 7) is 10.7. The van der Waals surface area contributed by atoms with Crippen molar-refractivity contribution in [2.45, 2.75) is 59.1 Å². The van der Waals surface area contributed by atoms with Gasteiger partial charge in [0.25, 0.3) is 0 Å². The van der Waals surface area contributed by atoms with Gasteiger partial charge in [0.2, 0.25) is 0 Å². The van der Waals surface area contributed by atoms with Gasteiger partial charge in [0.1, 0.15) is 11.6 Å². The van der Waals surface area contributed by atoms with E-state index in [4.69, 9.17) is 9.47 Å². The molecule has 1 amide bonds. The Hall–Kier alpha value is -1.30. The van der Waals surface area contributed by atoms with Gasteiger partial charge in [0.05, 0.1) is 7.11 Å². The zero-order chi connectivity index (χ0) is 16.5. The minimum atomic E-state index is -0.490. The van der Waals surface area contributed by atoms with Gasteiger partial charge in [-0.2, -0.15) is 0 Å². The number of esters is 1. The van der Waals surface area contributed by atoms with Crippen LogP contribution in [-0.2, 0) is 14.3 Å². The molecule has 6 heteroatoms. The summed E-state index contributed by atoms with van der Waals surface area (Å²) in [7, 11) is 1.39. The molecule has 0 saturated carbocycles. The van der Waals surface area contributed by atoms with Crippen LogP contribution in [0.5, 0.6) is 0 Å². The summed E-state index contributed by atoms with van der Waals surface area (Å²) in [4.78, 5) is 23.0. The molecule has 2 N–H and O–H groups in total. The Morgan fingerprint density at radius 3 is 2.24 bits per heavy atom. The fourth-order valence-electron chi connectivity index (χ4n) is 1.75. The molecule has 0 rings (SSSR count). The van der Waals surface area contributed by atoms with E-state index >= 15 is 0 Å². The lowest BCUT2D eigenvalue weighted by molar-refractivity contribution is -0.143. The molecule has 0 aliphatic rings. The minimum Gasteiger partial charge on any atom is -0.468 e. The second-order valence-electron chi connectivity index (χ2n) is 6.44. The molecule has 0 fully saturated rings. The molecule has 0 bridgehead atoms. The molecule has 0 aromatic rings. The normalized spacial score (nSPS) is 12.9. The average molecular weight is 302 g/mol. The number of carbonyl (C=O) groups excluding carboxylic acids is 2. The molecule has 124 valence electrons. The first-order chi connectivity index (χ1) is 9.65. The number of carbonyl (C=O) groups is 2. The maximum absolute atomic E-state index is 11.6. The Kier molecular flexibility index (Phi) is 9.01. The van der Waals surface area contributed by atoms with E-state index in [9.17, 15) is 9.59 Å². The van der Waals surface area contributed by atoms with Crippen LogP contribution in [0.4, 0.5) is 4.79 Å². The predicted octanol–water partition coefficient (Wildman–Crippen LogP) is 2.08. The molecule has 0 aromatic carbocycles. The number of alkyl carbamates (subject to hydrolysis) is 1. The molecule has 0 aromatic heterocycles. The highest BCUT2D eigenvalue weighted by atomic mass is 16.6. The van der Waals surface area contributed by atoms with E-state index in [0.717, 1.165) is 6.42 Å². The molecule has 6 nitrogen and oxygen atoms in total. The maximum Gasteiger partial charge on any atom is 0.407 e. The van der Waals surface area contributed by atoms with Crippen molar-refractivity contribution in [1.29, 1.82) is 0 Å². The van der Waals surface area contributed by atoms with Crippen LogP contribution in [0.2, 0.25) is 0 Å². The number of hydrogen-bond acceptors (Lipinski definition) is 5. The number of rotatable bonds is 8. The van der Waals surface area contributed by atoms with E-state index in [-0.39, 0.29) is 12.0 Å². The fraction of sp³-hybridized carbons (Fsp3) is 0.867. The number of hydrogen-bond donors (Lipinski definition) is 2. The van der Waals surface area contributed by atoms with E-state index in [0.29, 0.717) is 25.4 Å². The van der Waals surface area contributed by atoms with Gasteiger partial charge in [-0.05, 0) is 46.1 Å². The quantitative estimate of drug-likeness (QED) is 0.530. The summed E-state index contributed by atoms with van der Waals surface area (Å²) in [6, 6.07) is -0.295. The van der Waals surface area contributed by atoms with E-state index in [2.05, 4.69) is 24.5 Å². The van der Waals surface area contributed by atoms with Gasteiger partial charge in [-0.1, -0.05) is 13.8 Å². The number of ether oxygens (including phenoxy) is 2.